The summed E-state index contributed by atoms with van der Waals surface area (Å²) in [6.07, 6.45) is 1.74. The Kier molecular flexibility index (Phi) is 7.16. The molecule has 0 spiro atoms. The number of carbonyl (C=O) groups is 2. The van der Waals surface area contributed by atoms with Gasteiger partial charge in [-0.1, -0.05) is 12.1 Å². The van der Waals surface area contributed by atoms with Crippen LogP contribution in [-0.2, 0) is 14.3 Å². The van der Waals surface area contributed by atoms with Crippen molar-refractivity contribution in [3.8, 4) is 5.69 Å². The quantitative estimate of drug-likeness (QED) is 0.394. The Bertz CT molecular complexity index is 1260. The number of esters is 2. The van der Waals surface area contributed by atoms with Gasteiger partial charge >= 0.3 is 11.9 Å². The highest BCUT2D eigenvalue weighted by Gasteiger charge is 2.42. The zero-order chi connectivity index (χ0) is 25.1. The smallest absolute Gasteiger partial charge is 0.337 e. The molecule has 35 heavy (non-hydrogen) atoms. The number of pyridine rings is 1. The van der Waals surface area contributed by atoms with E-state index in [0.29, 0.717) is 17.3 Å². The van der Waals surface area contributed by atoms with Crippen molar-refractivity contribution in [2.75, 3.05) is 20.3 Å². The normalized spacial score (nSPS) is 17.3. The summed E-state index contributed by atoms with van der Waals surface area (Å²) in [4.78, 5) is 31.0. The summed E-state index contributed by atoms with van der Waals surface area (Å²) >= 11 is 5.65. The highest BCUT2D eigenvalue weighted by molar-refractivity contribution is 7.80. The van der Waals surface area contributed by atoms with E-state index in [4.69, 9.17) is 21.7 Å². The first-order chi connectivity index (χ1) is 16.8. The molecular formula is C26H28N4O4S. The number of nitrogens with zero attached hydrogens (tertiary/aromatic N) is 3. The predicted molar refractivity (Wildman–Crippen MR) is 135 cm³/mol. The van der Waals surface area contributed by atoms with Gasteiger partial charge in [-0.25, -0.2) is 4.79 Å². The number of carbonyl (C=O) groups excluding carboxylic acids is 2. The summed E-state index contributed by atoms with van der Waals surface area (Å²) in [6.45, 7) is 6.13. The van der Waals surface area contributed by atoms with E-state index in [9.17, 15) is 9.59 Å². The number of methoxy groups -OCH3 is 1. The number of hydrogen-bond donors (Lipinski definition) is 1. The van der Waals surface area contributed by atoms with E-state index in [-0.39, 0.29) is 24.6 Å². The van der Waals surface area contributed by atoms with E-state index >= 15 is 0 Å². The molecule has 1 saturated heterocycles. The molecule has 2 aromatic heterocycles. The minimum atomic E-state index is -0.393. The average molecular weight is 493 g/mol. The zero-order valence-corrected chi connectivity index (χ0v) is 21.0. The molecule has 1 fully saturated rings. The number of benzene rings is 1. The van der Waals surface area contributed by atoms with Gasteiger partial charge in [0.2, 0.25) is 0 Å². The van der Waals surface area contributed by atoms with Crippen molar-refractivity contribution in [2.45, 2.75) is 32.9 Å². The first-order valence-corrected chi connectivity index (χ1v) is 11.8. The SMILES string of the molecule is CCOC(=O)CN1C(=S)N[C@@H](c2ccccn2)[C@@H]1c1cc(C)n(-c2cccc(C(=O)OC)c2)c1C. The number of rotatable bonds is 7. The molecule has 0 saturated carbocycles. The Labute approximate surface area is 209 Å². The van der Waals surface area contributed by atoms with Crippen molar-refractivity contribution in [3.05, 3.63) is 82.9 Å². The van der Waals surface area contributed by atoms with Crippen LogP contribution >= 0.6 is 12.2 Å². The third-order valence-corrected chi connectivity index (χ3v) is 6.47. The van der Waals surface area contributed by atoms with E-state index in [0.717, 1.165) is 28.3 Å². The van der Waals surface area contributed by atoms with Gasteiger partial charge in [0.1, 0.15) is 6.54 Å². The molecule has 182 valence electrons. The molecule has 0 aliphatic carbocycles. The number of aromatic nitrogens is 2. The molecule has 0 radical (unpaired) electrons. The van der Waals surface area contributed by atoms with Gasteiger partial charge in [0, 0.05) is 23.3 Å². The van der Waals surface area contributed by atoms with Gasteiger partial charge in [0.05, 0.1) is 37.1 Å². The van der Waals surface area contributed by atoms with Gasteiger partial charge in [0.25, 0.3) is 0 Å². The maximum Gasteiger partial charge on any atom is 0.337 e. The Balaban J connectivity index is 1.81. The lowest BCUT2D eigenvalue weighted by Gasteiger charge is -2.27. The van der Waals surface area contributed by atoms with E-state index in [1.165, 1.54) is 7.11 Å². The second kappa shape index (κ2) is 10.3. The molecule has 1 aromatic carbocycles. The maximum atomic E-state index is 12.5. The molecule has 2 atom stereocenters. The molecule has 3 aromatic rings. The van der Waals surface area contributed by atoms with Crippen LogP contribution in [0.2, 0.25) is 0 Å². The summed E-state index contributed by atoms with van der Waals surface area (Å²) in [6, 6.07) is 14.6. The maximum absolute atomic E-state index is 12.5. The van der Waals surface area contributed by atoms with Gasteiger partial charge in [-0.15, -0.1) is 0 Å². The van der Waals surface area contributed by atoms with Gasteiger partial charge in [0.15, 0.2) is 5.11 Å². The molecule has 3 heterocycles. The minimum Gasteiger partial charge on any atom is -0.465 e. The molecule has 0 unspecified atom stereocenters. The Morgan fingerprint density at radius 2 is 1.94 bits per heavy atom. The molecule has 8 nitrogen and oxygen atoms in total. The molecule has 1 aliphatic heterocycles. The van der Waals surface area contributed by atoms with Crippen LogP contribution in [0, 0.1) is 13.8 Å². The Morgan fingerprint density at radius 3 is 2.63 bits per heavy atom. The van der Waals surface area contributed by atoms with Gasteiger partial charge < -0.3 is 24.3 Å². The summed E-state index contributed by atoms with van der Waals surface area (Å²) in [5, 5.41) is 3.83. The number of ether oxygens (including phenoxy) is 2. The zero-order valence-electron chi connectivity index (χ0n) is 20.1. The Morgan fingerprint density at radius 1 is 1.14 bits per heavy atom. The molecule has 1 aliphatic rings. The van der Waals surface area contributed by atoms with Crippen LogP contribution in [0.1, 0.15) is 52.0 Å². The molecule has 4 rings (SSSR count). The highest BCUT2D eigenvalue weighted by atomic mass is 32.1. The van der Waals surface area contributed by atoms with Crippen molar-refractivity contribution >= 4 is 29.3 Å². The highest BCUT2D eigenvalue weighted by Crippen LogP contribution is 2.41. The van der Waals surface area contributed by atoms with Gasteiger partial charge in [-0.2, -0.15) is 0 Å². The summed E-state index contributed by atoms with van der Waals surface area (Å²) < 4.78 is 12.2. The Hall–Kier alpha value is -3.72. The van der Waals surface area contributed by atoms with Crippen LogP contribution < -0.4 is 5.32 Å². The van der Waals surface area contributed by atoms with Crippen molar-refractivity contribution < 1.29 is 19.1 Å². The molecular weight excluding hydrogens is 464 g/mol. The minimum absolute atomic E-state index is 0.0230. The number of nitrogens with one attached hydrogen (secondary N) is 1. The van der Waals surface area contributed by atoms with Crippen LogP contribution in [0.5, 0.6) is 0 Å². The van der Waals surface area contributed by atoms with Gasteiger partial charge in [-0.3, -0.25) is 9.78 Å². The monoisotopic (exact) mass is 492 g/mol. The average Bonchev–Trinajstić information content (AvgIpc) is 3.34. The largest absolute Gasteiger partial charge is 0.465 e. The van der Waals surface area contributed by atoms with Crippen molar-refractivity contribution in [1.29, 1.82) is 0 Å². The molecule has 9 heteroatoms. The van der Waals surface area contributed by atoms with E-state index in [1.807, 2.05) is 49.1 Å². The van der Waals surface area contributed by atoms with Crippen LogP contribution in [-0.4, -0.2) is 51.8 Å². The van der Waals surface area contributed by atoms with E-state index < -0.39 is 5.97 Å². The van der Waals surface area contributed by atoms with Crippen LogP contribution in [0.3, 0.4) is 0 Å². The molecule has 0 amide bonds. The molecule has 0 bridgehead atoms. The lowest BCUT2D eigenvalue weighted by atomic mass is 9.97. The van der Waals surface area contributed by atoms with Crippen molar-refractivity contribution in [2.24, 2.45) is 0 Å². The standard InChI is InChI=1S/C26H28N4O4S/c1-5-34-22(31)15-29-24(23(28-26(29)35)21-11-6-7-12-27-21)20-13-16(2)30(17(20)3)19-10-8-9-18(14-19)25(32)33-4/h6-14,23-24H,5,15H2,1-4H3,(H,28,35)/t23-,24-/m0/s1. The van der Waals surface area contributed by atoms with Crippen molar-refractivity contribution in [3.63, 3.8) is 0 Å². The number of thiocarbonyl (C=S) groups is 1. The van der Waals surface area contributed by atoms with E-state index in [2.05, 4.69) is 20.9 Å². The van der Waals surface area contributed by atoms with Crippen LogP contribution in [0.15, 0.2) is 54.7 Å². The second-order valence-electron chi connectivity index (χ2n) is 8.26. The third kappa shape index (κ3) is 4.77. The molecule has 1 N–H and O–H groups in total. The summed E-state index contributed by atoms with van der Waals surface area (Å²) in [7, 11) is 1.37. The number of hydrogen-bond acceptors (Lipinski definition) is 6. The number of aryl methyl sites for hydroxylation is 1. The van der Waals surface area contributed by atoms with Crippen molar-refractivity contribution in [1.82, 2.24) is 19.8 Å². The third-order valence-electron chi connectivity index (χ3n) is 6.12. The van der Waals surface area contributed by atoms with Crippen LogP contribution in [0.4, 0.5) is 0 Å². The fourth-order valence-electron chi connectivity index (χ4n) is 4.63. The summed E-state index contributed by atoms with van der Waals surface area (Å²) in [5.41, 5.74) is 5.08. The first-order valence-electron chi connectivity index (χ1n) is 11.4. The topological polar surface area (TPSA) is 85.7 Å². The van der Waals surface area contributed by atoms with Gasteiger partial charge in [-0.05, 0) is 75.0 Å². The van der Waals surface area contributed by atoms with Crippen LogP contribution in [0.25, 0.3) is 5.69 Å². The second-order valence-corrected chi connectivity index (χ2v) is 8.65. The van der Waals surface area contributed by atoms with E-state index in [1.54, 1.807) is 25.3 Å². The fourth-order valence-corrected chi connectivity index (χ4v) is 4.94. The lowest BCUT2D eigenvalue weighted by Crippen LogP contribution is -2.35. The lowest BCUT2D eigenvalue weighted by molar-refractivity contribution is -0.143. The predicted octanol–water partition coefficient (Wildman–Crippen LogP) is 3.81. The fraction of sp³-hybridized carbons (Fsp3) is 0.308. The summed E-state index contributed by atoms with van der Waals surface area (Å²) in [5.74, 6) is -0.737. The first kappa shape index (κ1) is 24.4.